The van der Waals surface area contributed by atoms with E-state index >= 15 is 0 Å². The third kappa shape index (κ3) is 1.90. The van der Waals surface area contributed by atoms with E-state index < -0.39 is 0 Å². The Morgan fingerprint density at radius 3 is 1.96 bits per heavy atom. The van der Waals surface area contributed by atoms with Crippen molar-refractivity contribution in [2.45, 2.75) is 0 Å². The molecule has 1 aromatic carbocycles. The molecule has 0 aliphatic heterocycles. The lowest BCUT2D eigenvalue weighted by molar-refractivity contribution is 0.0971. The number of nitrogens with zero attached hydrogens (tertiary/aromatic N) is 5. The van der Waals surface area contributed by atoms with Crippen LogP contribution in [0.2, 0.25) is 0 Å². The highest BCUT2D eigenvalue weighted by Gasteiger charge is 2.33. The fourth-order valence-electron chi connectivity index (χ4n) is 2.58. The lowest BCUT2D eigenvalue weighted by Crippen LogP contribution is -2.24. The number of carbonyl (C=O) groups excluding carboxylic acids is 2. The van der Waals surface area contributed by atoms with Crippen LogP contribution in [0.3, 0.4) is 0 Å². The fourth-order valence-corrected chi connectivity index (χ4v) is 2.58. The van der Waals surface area contributed by atoms with E-state index in [0.29, 0.717) is 11.0 Å². The summed E-state index contributed by atoms with van der Waals surface area (Å²) in [5.41, 5.74) is 2.65. The first-order chi connectivity index (χ1) is 11.1. The van der Waals surface area contributed by atoms with Crippen molar-refractivity contribution in [1.29, 1.82) is 0 Å². The average Bonchev–Trinajstić information content (AvgIpc) is 2.58. The van der Waals surface area contributed by atoms with Crippen molar-refractivity contribution in [2.24, 2.45) is 0 Å². The van der Waals surface area contributed by atoms with Crippen molar-refractivity contribution in [2.75, 3.05) is 19.0 Å². The van der Waals surface area contributed by atoms with Gasteiger partial charge in [0.15, 0.2) is 0 Å². The zero-order valence-electron chi connectivity index (χ0n) is 12.4. The first kappa shape index (κ1) is 13.4. The zero-order valence-corrected chi connectivity index (χ0v) is 12.4. The van der Waals surface area contributed by atoms with Gasteiger partial charge < -0.3 is 4.90 Å². The van der Waals surface area contributed by atoms with E-state index in [2.05, 4.69) is 20.2 Å². The largest absolute Gasteiger partial charge is 0.378 e. The molecule has 0 radical (unpaired) electrons. The lowest BCUT2D eigenvalue weighted by atomic mass is 9.92. The Morgan fingerprint density at radius 1 is 0.826 bits per heavy atom. The van der Waals surface area contributed by atoms with Gasteiger partial charge in [-0.25, -0.2) is 9.97 Å². The molecule has 1 aliphatic carbocycles. The molecule has 7 heteroatoms. The Labute approximate surface area is 131 Å². The number of ketones is 2. The molecule has 23 heavy (non-hydrogen) atoms. The summed E-state index contributed by atoms with van der Waals surface area (Å²) in [6.45, 7) is 0. The molecular formula is C16H11N5O2. The number of carbonyl (C=O) groups is 2. The number of rotatable bonds is 1. The Morgan fingerprint density at radius 2 is 1.39 bits per heavy atom. The summed E-state index contributed by atoms with van der Waals surface area (Å²) < 4.78 is 0. The van der Waals surface area contributed by atoms with Crippen LogP contribution in [0, 0.1) is 0 Å². The second-order valence-electron chi connectivity index (χ2n) is 5.46. The van der Waals surface area contributed by atoms with Gasteiger partial charge in [-0.15, -0.1) is 0 Å². The summed E-state index contributed by atoms with van der Waals surface area (Å²) >= 11 is 0. The monoisotopic (exact) mass is 305 g/mol. The van der Waals surface area contributed by atoms with Crippen LogP contribution in [0.4, 0.5) is 5.69 Å². The molecular weight excluding hydrogens is 294 g/mol. The van der Waals surface area contributed by atoms with Gasteiger partial charge in [-0.1, -0.05) is 0 Å². The van der Waals surface area contributed by atoms with Crippen LogP contribution in [-0.4, -0.2) is 45.8 Å². The minimum atomic E-state index is -0.353. The van der Waals surface area contributed by atoms with Crippen molar-refractivity contribution in [3.63, 3.8) is 0 Å². The van der Waals surface area contributed by atoms with Gasteiger partial charge in [0.05, 0.1) is 34.6 Å². The third-order valence-corrected chi connectivity index (χ3v) is 3.81. The summed E-state index contributed by atoms with van der Waals surface area (Å²) in [5.74, 6) is -0.704. The third-order valence-electron chi connectivity index (χ3n) is 3.81. The molecule has 0 amide bonds. The molecule has 0 saturated heterocycles. The molecule has 0 saturated carbocycles. The maximum absolute atomic E-state index is 12.6. The van der Waals surface area contributed by atoms with Gasteiger partial charge in [0.2, 0.25) is 11.6 Å². The van der Waals surface area contributed by atoms with E-state index in [1.165, 1.54) is 12.4 Å². The summed E-state index contributed by atoms with van der Waals surface area (Å²) in [5, 5.41) is 7.35. The SMILES string of the molecule is CN(C)c1ccc2nc3c(nc2c1)C(=O)c1cnncc1C3=O. The summed E-state index contributed by atoms with van der Waals surface area (Å²) in [7, 11) is 3.83. The molecule has 2 aromatic heterocycles. The number of fused-ring (bicyclic) bond motifs is 3. The first-order valence-electron chi connectivity index (χ1n) is 6.95. The predicted octanol–water partition coefficient (Wildman–Crippen LogP) is 1.26. The highest BCUT2D eigenvalue weighted by Crippen LogP contribution is 2.26. The predicted molar refractivity (Wildman–Crippen MR) is 82.8 cm³/mol. The van der Waals surface area contributed by atoms with E-state index in [1.807, 2.05) is 31.1 Å². The number of hydrogen-bond donors (Lipinski definition) is 0. The van der Waals surface area contributed by atoms with Crippen molar-refractivity contribution in [3.8, 4) is 0 Å². The van der Waals surface area contributed by atoms with E-state index in [0.717, 1.165) is 5.69 Å². The molecule has 0 N–H and O–H groups in total. The van der Waals surface area contributed by atoms with Gasteiger partial charge in [0.25, 0.3) is 0 Å². The van der Waals surface area contributed by atoms with Gasteiger partial charge in [-0.05, 0) is 18.2 Å². The van der Waals surface area contributed by atoms with Gasteiger partial charge in [-0.2, -0.15) is 10.2 Å². The topological polar surface area (TPSA) is 88.9 Å². The van der Waals surface area contributed by atoms with Crippen molar-refractivity contribution in [1.82, 2.24) is 20.2 Å². The molecule has 0 atom stereocenters. The molecule has 2 heterocycles. The molecule has 0 spiro atoms. The number of anilines is 1. The highest BCUT2D eigenvalue weighted by atomic mass is 16.1. The van der Waals surface area contributed by atoms with Crippen LogP contribution in [0.15, 0.2) is 30.6 Å². The fraction of sp³-hybridized carbons (Fsp3) is 0.125. The molecule has 1 aliphatic rings. The standard InChI is InChI=1S/C16H11N5O2/c1-21(2)8-3-4-11-12(5-8)20-14-13(19-11)15(22)9-6-17-18-7-10(9)16(14)23/h3-7H,1-2H3. The Bertz CT molecular complexity index is 997. The number of hydrogen-bond acceptors (Lipinski definition) is 7. The van der Waals surface area contributed by atoms with E-state index in [9.17, 15) is 9.59 Å². The molecule has 7 nitrogen and oxygen atoms in total. The Kier molecular flexibility index (Phi) is 2.71. The van der Waals surface area contributed by atoms with E-state index in [-0.39, 0.29) is 34.1 Å². The van der Waals surface area contributed by atoms with Crippen LogP contribution in [0.1, 0.15) is 32.1 Å². The van der Waals surface area contributed by atoms with Gasteiger partial charge in [-0.3, -0.25) is 9.59 Å². The van der Waals surface area contributed by atoms with Crippen molar-refractivity contribution >= 4 is 28.3 Å². The van der Waals surface area contributed by atoms with Gasteiger partial charge >= 0.3 is 0 Å². The summed E-state index contributed by atoms with van der Waals surface area (Å²) in [6, 6.07) is 5.51. The van der Waals surface area contributed by atoms with Crippen molar-refractivity contribution < 1.29 is 9.59 Å². The molecule has 0 fully saturated rings. The van der Waals surface area contributed by atoms with Crippen LogP contribution in [0.5, 0.6) is 0 Å². The Hall–Kier alpha value is -3.22. The molecule has 0 unspecified atom stereocenters. The Balaban J connectivity index is 1.99. The van der Waals surface area contributed by atoms with Crippen LogP contribution in [-0.2, 0) is 0 Å². The minimum absolute atomic E-state index is 0.0684. The average molecular weight is 305 g/mol. The van der Waals surface area contributed by atoms with Gasteiger partial charge in [0.1, 0.15) is 11.4 Å². The maximum atomic E-state index is 12.6. The van der Waals surface area contributed by atoms with Crippen LogP contribution >= 0.6 is 0 Å². The van der Waals surface area contributed by atoms with Crippen LogP contribution in [0.25, 0.3) is 11.0 Å². The molecule has 3 aromatic rings. The van der Waals surface area contributed by atoms with Crippen molar-refractivity contribution in [3.05, 3.63) is 53.1 Å². The van der Waals surface area contributed by atoms with Crippen LogP contribution < -0.4 is 4.90 Å². The molecule has 4 rings (SSSR count). The summed E-state index contributed by atoms with van der Waals surface area (Å²) in [4.78, 5) is 35.8. The second kappa shape index (κ2) is 4.64. The maximum Gasteiger partial charge on any atom is 0.216 e. The van der Waals surface area contributed by atoms with E-state index in [4.69, 9.17) is 0 Å². The normalized spacial score (nSPS) is 13.0. The number of aromatic nitrogens is 4. The molecule has 0 bridgehead atoms. The lowest BCUT2D eigenvalue weighted by Gasteiger charge is -2.16. The number of benzene rings is 1. The second-order valence-corrected chi connectivity index (χ2v) is 5.46. The van der Waals surface area contributed by atoms with E-state index in [1.54, 1.807) is 6.07 Å². The summed E-state index contributed by atoms with van der Waals surface area (Å²) in [6.07, 6.45) is 2.58. The highest BCUT2D eigenvalue weighted by molar-refractivity contribution is 6.27. The quantitative estimate of drug-likeness (QED) is 0.523. The minimum Gasteiger partial charge on any atom is -0.378 e. The molecule has 112 valence electrons. The van der Waals surface area contributed by atoms with Gasteiger partial charge in [0, 0.05) is 19.8 Å². The smallest absolute Gasteiger partial charge is 0.216 e. The first-order valence-corrected chi connectivity index (χ1v) is 6.95. The zero-order chi connectivity index (χ0) is 16.1.